The van der Waals surface area contributed by atoms with Gasteiger partial charge in [-0.1, -0.05) is 12.1 Å². The van der Waals surface area contributed by atoms with Gasteiger partial charge in [0, 0.05) is 17.8 Å². The Kier molecular flexibility index (Phi) is 6.14. The van der Waals surface area contributed by atoms with Crippen molar-refractivity contribution in [1.29, 1.82) is 0 Å². The van der Waals surface area contributed by atoms with Gasteiger partial charge >= 0.3 is 0 Å². The fraction of sp³-hybridized carbons (Fsp3) is 0.278. The van der Waals surface area contributed by atoms with Crippen LogP contribution in [0.3, 0.4) is 0 Å². The van der Waals surface area contributed by atoms with Crippen LogP contribution in [0.25, 0.3) is 0 Å². The van der Waals surface area contributed by atoms with Gasteiger partial charge in [-0.05, 0) is 56.1 Å². The summed E-state index contributed by atoms with van der Waals surface area (Å²) < 4.78 is 5.29. The first-order valence-corrected chi connectivity index (χ1v) is 7.47. The highest BCUT2D eigenvalue weighted by molar-refractivity contribution is 6.04. The number of benzene rings is 2. The minimum Gasteiger partial charge on any atom is -0.491 e. The van der Waals surface area contributed by atoms with Gasteiger partial charge in [0.15, 0.2) is 0 Å². The molecule has 0 aliphatic carbocycles. The number of hydrogen-bond donors (Lipinski definition) is 2. The fourth-order valence-corrected chi connectivity index (χ4v) is 2.18. The molecule has 2 N–H and O–H groups in total. The van der Waals surface area contributed by atoms with Gasteiger partial charge in [0.05, 0.1) is 6.61 Å². The zero-order valence-electron chi connectivity index (χ0n) is 13.5. The summed E-state index contributed by atoms with van der Waals surface area (Å²) in [7, 11) is 3.99. The van der Waals surface area contributed by atoms with Crippen LogP contribution in [-0.4, -0.2) is 43.2 Å². The predicted molar refractivity (Wildman–Crippen MR) is 90.8 cm³/mol. The Balaban J connectivity index is 2.01. The maximum atomic E-state index is 12.3. The van der Waals surface area contributed by atoms with Crippen molar-refractivity contribution in [3.05, 3.63) is 59.7 Å². The summed E-state index contributed by atoms with van der Waals surface area (Å²) in [4.78, 5) is 14.4. The standard InChI is InChI=1S/C18H22N2O3/c1-20(2)13-14-4-3-5-15(12-14)18(22)19-16-6-8-17(9-7-16)23-11-10-21/h3-9,12,21H,10-11,13H2,1-2H3,(H,19,22). The molecule has 0 fully saturated rings. The second-order valence-corrected chi connectivity index (χ2v) is 5.49. The van der Waals surface area contributed by atoms with E-state index in [-0.39, 0.29) is 19.1 Å². The zero-order valence-corrected chi connectivity index (χ0v) is 13.5. The Hall–Kier alpha value is -2.37. The van der Waals surface area contributed by atoms with Gasteiger partial charge < -0.3 is 20.1 Å². The van der Waals surface area contributed by atoms with Crippen molar-refractivity contribution in [2.45, 2.75) is 6.54 Å². The zero-order chi connectivity index (χ0) is 16.7. The molecule has 0 aromatic heterocycles. The van der Waals surface area contributed by atoms with E-state index in [4.69, 9.17) is 9.84 Å². The minimum atomic E-state index is -0.144. The van der Waals surface area contributed by atoms with Crippen LogP contribution >= 0.6 is 0 Å². The molecule has 122 valence electrons. The van der Waals surface area contributed by atoms with Crippen molar-refractivity contribution in [2.24, 2.45) is 0 Å². The third-order valence-electron chi connectivity index (χ3n) is 3.16. The molecule has 2 aromatic carbocycles. The van der Waals surface area contributed by atoms with Gasteiger partial charge in [-0.3, -0.25) is 4.79 Å². The average molecular weight is 314 g/mol. The van der Waals surface area contributed by atoms with Crippen LogP contribution < -0.4 is 10.1 Å². The summed E-state index contributed by atoms with van der Waals surface area (Å²) in [5, 5.41) is 11.6. The van der Waals surface area contributed by atoms with Gasteiger partial charge in [-0.25, -0.2) is 0 Å². The minimum absolute atomic E-state index is 0.0260. The van der Waals surface area contributed by atoms with Crippen molar-refractivity contribution in [2.75, 3.05) is 32.6 Å². The van der Waals surface area contributed by atoms with E-state index in [9.17, 15) is 4.79 Å². The van der Waals surface area contributed by atoms with E-state index in [0.717, 1.165) is 12.1 Å². The van der Waals surface area contributed by atoms with Crippen LogP contribution in [0.4, 0.5) is 5.69 Å². The number of carbonyl (C=O) groups excluding carboxylic acids is 1. The van der Waals surface area contributed by atoms with E-state index >= 15 is 0 Å². The van der Waals surface area contributed by atoms with Gasteiger partial charge in [-0.15, -0.1) is 0 Å². The molecular weight excluding hydrogens is 292 g/mol. The number of aliphatic hydroxyl groups excluding tert-OH is 1. The van der Waals surface area contributed by atoms with E-state index in [1.807, 2.05) is 32.3 Å². The molecule has 2 aromatic rings. The topological polar surface area (TPSA) is 61.8 Å². The highest BCUT2D eigenvalue weighted by Crippen LogP contribution is 2.17. The number of aliphatic hydroxyl groups is 1. The van der Waals surface area contributed by atoms with Crippen molar-refractivity contribution < 1.29 is 14.6 Å². The maximum Gasteiger partial charge on any atom is 0.255 e. The lowest BCUT2D eigenvalue weighted by Crippen LogP contribution is -2.14. The van der Waals surface area contributed by atoms with Crippen LogP contribution in [0, 0.1) is 0 Å². The van der Waals surface area contributed by atoms with Gasteiger partial charge in [-0.2, -0.15) is 0 Å². The predicted octanol–water partition coefficient (Wildman–Crippen LogP) is 2.37. The largest absolute Gasteiger partial charge is 0.491 e. The van der Waals surface area contributed by atoms with Gasteiger partial charge in [0.25, 0.3) is 5.91 Å². The van der Waals surface area contributed by atoms with Crippen LogP contribution in [-0.2, 0) is 6.54 Å². The van der Waals surface area contributed by atoms with E-state index in [1.54, 1.807) is 30.3 Å². The second kappa shape index (κ2) is 8.31. The molecule has 2 rings (SSSR count). The lowest BCUT2D eigenvalue weighted by Gasteiger charge is -2.11. The molecular formula is C18H22N2O3. The smallest absolute Gasteiger partial charge is 0.255 e. The second-order valence-electron chi connectivity index (χ2n) is 5.49. The van der Waals surface area contributed by atoms with Gasteiger partial charge in [0.2, 0.25) is 0 Å². The molecule has 0 atom stereocenters. The van der Waals surface area contributed by atoms with E-state index in [1.165, 1.54) is 0 Å². The highest BCUT2D eigenvalue weighted by Gasteiger charge is 2.07. The molecule has 23 heavy (non-hydrogen) atoms. The van der Waals surface area contributed by atoms with Crippen molar-refractivity contribution in [1.82, 2.24) is 4.90 Å². The molecule has 0 aliphatic heterocycles. The molecule has 0 radical (unpaired) electrons. The van der Waals surface area contributed by atoms with Gasteiger partial charge in [0.1, 0.15) is 12.4 Å². The molecule has 0 unspecified atom stereocenters. The van der Waals surface area contributed by atoms with E-state index in [2.05, 4.69) is 10.2 Å². The van der Waals surface area contributed by atoms with E-state index in [0.29, 0.717) is 17.0 Å². The number of rotatable bonds is 7. The summed E-state index contributed by atoms with van der Waals surface area (Å²) >= 11 is 0. The number of nitrogens with one attached hydrogen (secondary N) is 1. The van der Waals surface area contributed by atoms with Crippen LogP contribution in [0.15, 0.2) is 48.5 Å². The number of ether oxygens (including phenoxy) is 1. The third kappa shape index (κ3) is 5.39. The first kappa shape index (κ1) is 17.0. The first-order valence-electron chi connectivity index (χ1n) is 7.47. The Morgan fingerprint density at radius 3 is 2.57 bits per heavy atom. The maximum absolute atomic E-state index is 12.3. The Labute approximate surface area is 136 Å². The van der Waals surface area contributed by atoms with Crippen LogP contribution in [0.2, 0.25) is 0 Å². The molecule has 0 spiro atoms. The number of amides is 1. The number of hydrogen-bond acceptors (Lipinski definition) is 4. The molecule has 5 heteroatoms. The molecule has 0 heterocycles. The molecule has 0 bridgehead atoms. The fourth-order valence-electron chi connectivity index (χ4n) is 2.18. The lowest BCUT2D eigenvalue weighted by molar-refractivity contribution is 0.102. The quantitative estimate of drug-likeness (QED) is 0.824. The van der Waals surface area contributed by atoms with Crippen molar-refractivity contribution >= 4 is 11.6 Å². The molecule has 5 nitrogen and oxygen atoms in total. The summed E-state index contributed by atoms with van der Waals surface area (Å²) in [6.07, 6.45) is 0. The summed E-state index contributed by atoms with van der Waals surface area (Å²) in [6, 6.07) is 14.6. The summed E-state index contributed by atoms with van der Waals surface area (Å²) in [6.45, 7) is 1.02. The first-order chi connectivity index (χ1) is 11.1. The third-order valence-corrected chi connectivity index (χ3v) is 3.16. The van der Waals surface area contributed by atoms with Crippen LogP contribution in [0.5, 0.6) is 5.75 Å². The Morgan fingerprint density at radius 2 is 1.91 bits per heavy atom. The monoisotopic (exact) mass is 314 g/mol. The number of nitrogens with zero attached hydrogens (tertiary/aromatic N) is 1. The normalized spacial score (nSPS) is 10.6. The Bertz CT molecular complexity index is 639. The Morgan fingerprint density at radius 1 is 1.17 bits per heavy atom. The van der Waals surface area contributed by atoms with Crippen LogP contribution in [0.1, 0.15) is 15.9 Å². The summed E-state index contributed by atoms with van der Waals surface area (Å²) in [5.74, 6) is 0.514. The molecule has 0 aliphatic rings. The lowest BCUT2D eigenvalue weighted by atomic mass is 10.1. The van der Waals surface area contributed by atoms with E-state index < -0.39 is 0 Å². The summed E-state index contributed by atoms with van der Waals surface area (Å²) in [5.41, 5.74) is 2.42. The van der Waals surface area contributed by atoms with Crippen molar-refractivity contribution in [3.8, 4) is 5.75 Å². The van der Waals surface area contributed by atoms with Crippen molar-refractivity contribution in [3.63, 3.8) is 0 Å². The molecule has 0 saturated heterocycles. The number of carbonyl (C=O) groups is 1. The molecule has 0 saturated carbocycles. The SMILES string of the molecule is CN(C)Cc1cccc(C(=O)Nc2ccc(OCCO)cc2)c1. The average Bonchev–Trinajstić information content (AvgIpc) is 2.54. The number of anilines is 1. The highest BCUT2D eigenvalue weighted by atomic mass is 16.5. The molecule has 1 amide bonds.